The number of carbonyl (C=O) groups is 2. The van der Waals surface area contributed by atoms with Crippen molar-refractivity contribution in [2.45, 2.75) is 12.5 Å². The fourth-order valence-corrected chi connectivity index (χ4v) is 3.18. The van der Waals surface area contributed by atoms with Gasteiger partial charge in [0.2, 0.25) is 5.91 Å². The normalized spacial score (nSPS) is 22.1. The minimum absolute atomic E-state index is 0.0127. The van der Waals surface area contributed by atoms with Gasteiger partial charge in [0.15, 0.2) is 0 Å². The molecule has 8 heteroatoms. The molecule has 2 aliphatic heterocycles. The van der Waals surface area contributed by atoms with Crippen LogP contribution in [0.1, 0.15) is 6.42 Å². The van der Waals surface area contributed by atoms with Gasteiger partial charge in [-0.15, -0.1) is 0 Å². The maximum atomic E-state index is 12.3. The summed E-state index contributed by atoms with van der Waals surface area (Å²) in [6.45, 7) is 4.16. The molecule has 8 nitrogen and oxygen atoms in total. The van der Waals surface area contributed by atoms with Crippen LogP contribution in [0.15, 0.2) is 24.3 Å². The highest BCUT2D eigenvalue weighted by atomic mass is 16.5. The molecular formula is C17H26N5O3+. The van der Waals surface area contributed by atoms with Gasteiger partial charge in [-0.2, -0.15) is 0 Å². The summed E-state index contributed by atoms with van der Waals surface area (Å²) in [7, 11) is 3.76. The Hall–Kier alpha value is -2.32. The Bertz CT molecular complexity index is 613. The number of likely N-dealkylation sites (N-methyl/N-ethyl adjacent to an activating group) is 1. The van der Waals surface area contributed by atoms with Crippen molar-refractivity contribution in [3.05, 3.63) is 24.3 Å². The molecule has 3 N–H and O–H groups in total. The minimum atomic E-state index is -0.242. The molecule has 25 heavy (non-hydrogen) atoms. The Morgan fingerprint density at radius 2 is 1.92 bits per heavy atom. The SMILES string of the molecule is COc1ccc(N2C[C@H](NC(=O)NN3CC[NH+](C)CC3)CC2=O)cc1. The number of amides is 3. The number of piperazine rings is 1. The average Bonchev–Trinajstić information content (AvgIpc) is 2.97. The standard InChI is InChI=1S/C17H25N5O3/c1-20-7-9-21(10-8-20)19-17(24)18-13-11-16(23)22(12-13)14-3-5-15(25-2)6-4-14/h3-6,13H,7-12H2,1-2H3,(H2,18,19,24)/p+1/t13-/m1/s1. The first-order valence-corrected chi connectivity index (χ1v) is 8.63. The Balaban J connectivity index is 1.50. The van der Waals surface area contributed by atoms with E-state index in [1.54, 1.807) is 12.0 Å². The van der Waals surface area contributed by atoms with Crippen LogP contribution in [0.5, 0.6) is 5.75 Å². The second kappa shape index (κ2) is 7.71. The molecule has 1 aromatic carbocycles. The summed E-state index contributed by atoms with van der Waals surface area (Å²) in [5.74, 6) is 0.761. The van der Waals surface area contributed by atoms with Gasteiger partial charge in [-0.05, 0) is 24.3 Å². The number of anilines is 1. The van der Waals surface area contributed by atoms with Crippen LogP contribution in [0.25, 0.3) is 0 Å². The van der Waals surface area contributed by atoms with Crippen LogP contribution in [-0.2, 0) is 4.79 Å². The van der Waals surface area contributed by atoms with E-state index < -0.39 is 0 Å². The monoisotopic (exact) mass is 348 g/mol. The molecule has 0 spiro atoms. The number of nitrogens with zero attached hydrogens (tertiary/aromatic N) is 2. The molecule has 0 unspecified atom stereocenters. The number of nitrogens with one attached hydrogen (secondary N) is 3. The van der Waals surface area contributed by atoms with Crippen molar-refractivity contribution in [1.82, 2.24) is 15.8 Å². The minimum Gasteiger partial charge on any atom is -0.497 e. The number of rotatable bonds is 4. The number of ether oxygens (including phenoxy) is 1. The summed E-state index contributed by atoms with van der Waals surface area (Å²) in [5, 5.41) is 4.84. The molecule has 136 valence electrons. The lowest BCUT2D eigenvalue weighted by molar-refractivity contribution is -0.884. The highest BCUT2D eigenvalue weighted by Gasteiger charge is 2.32. The summed E-state index contributed by atoms with van der Waals surface area (Å²) in [6, 6.07) is 6.93. The Labute approximate surface area is 147 Å². The van der Waals surface area contributed by atoms with Crippen molar-refractivity contribution in [1.29, 1.82) is 0 Å². The van der Waals surface area contributed by atoms with Crippen molar-refractivity contribution in [3.8, 4) is 5.75 Å². The lowest BCUT2D eigenvalue weighted by atomic mass is 10.2. The van der Waals surface area contributed by atoms with Crippen LogP contribution in [-0.4, -0.2) is 69.9 Å². The highest BCUT2D eigenvalue weighted by Crippen LogP contribution is 2.24. The van der Waals surface area contributed by atoms with Crippen molar-refractivity contribution < 1.29 is 19.2 Å². The number of urea groups is 1. The van der Waals surface area contributed by atoms with Gasteiger partial charge in [-0.3, -0.25) is 10.2 Å². The van der Waals surface area contributed by atoms with Crippen LogP contribution in [0.3, 0.4) is 0 Å². The zero-order chi connectivity index (χ0) is 17.8. The maximum absolute atomic E-state index is 12.3. The van der Waals surface area contributed by atoms with Gasteiger partial charge in [0, 0.05) is 18.7 Å². The zero-order valence-corrected chi connectivity index (χ0v) is 14.7. The van der Waals surface area contributed by atoms with E-state index in [4.69, 9.17) is 4.74 Å². The predicted octanol–water partition coefficient (Wildman–Crippen LogP) is -1.15. The summed E-state index contributed by atoms with van der Waals surface area (Å²) >= 11 is 0. The Kier molecular flexibility index (Phi) is 5.40. The van der Waals surface area contributed by atoms with Gasteiger partial charge in [-0.1, -0.05) is 0 Å². The topological polar surface area (TPSA) is 78.3 Å². The maximum Gasteiger partial charge on any atom is 0.329 e. The van der Waals surface area contributed by atoms with Crippen LogP contribution in [0.2, 0.25) is 0 Å². The largest absolute Gasteiger partial charge is 0.497 e. The molecule has 0 aromatic heterocycles. The second-order valence-corrected chi connectivity index (χ2v) is 6.63. The van der Waals surface area contributed by atoms with Crippen molar-refractivity contribution in [2.75, 3.05) is 51.8 Å². The molecular weight excluding hydrogens is 322 g/mol. The highest BCUT2D eigenvalue weighted by molar-refractivity contribution is 5.96. The Morgan fingerprint density at radius 3 is 2.56 bits per heavy atom. The molecule has 0 bridgehead atoms. The summed E-state index contributed by atoms with van der Waals surface area (Å²) in [6.07, 6.45) is 0.312. The van der Waals surface area contributed by atoms with Gasteiger partial charge >= 0.3 is 6.03 Å². The van der Waals surface area contributed by atoms with Crippen LogP contribution >= 0.6 is 0 Å². The van der Waals surface area contributed by atoms with E-state index in [1.807, 2.05) is 29.3 Å². The molecule has 2 heterocycles. The molecule has 0 saturated carbocycles. The number of hydrogen-bond donors (Lipinski definition) is 3. The van der Waals surface area contributed by atoms with E-state index >= 15 is 0 Å². The van der Waals surface area contributed by atoms with E-state index in [0.29, 0.717) is 13.0 Å². The molecule has 2 saturated heterocycles. The third-order valence-corrected chi connectivity index (χ3v) is 4.72. The molecule has 1 atom stereocenters. The van der Waals surface area contributed by atoms with Crippen LogP contribution in [0, 0.1) is 0 Å². The molecule has 3 rings (SSSR count). The molecule has 2 fully saturated rings. The predicted molar refractivity (Wildman–Crippen MR) is 93.6 cm³/mol. The fraction of sp³-hybridized carbons (Fsp3) is 0.529. The summed E-state index contributed by atoms with van der Waals surface area (Å²) in [4.78, 5) is 27.6. The van der Waals surface area contributed by atoms with E-state index in [0.717, 1.165) is 37.6 Å². The van der Waals surface area contributed by atoms with Gasteiger partial charge in [0.1, 0.15) is 5.75 Å². The summed E-state index contributed by atoms with van der Waals surface area (Å²) in [5.41, 5.74) is 3.69. The van der Waals surface area contributed by atoms with Crippen LogP contribution in [0.4, 0.5) is 10.5 Å². The first-order chi connectivity index (χ1) is 12.0. The van der Waals surface area contributed by atoms with Crippen molar-refractivity contribution in [2.24, 2.45) is 0 Å². The Morgan fingerprint density at radius 1 is 1.24 bits per heavy atom. The number of methoxy groups -OCH3 is 1. The molecule has 0 aliphatic carbocycles. The summed E-state index contributed by atoms with van der Waals surface area (Å²) < 4.78 is 5.14. The lowest BCUT2D eigenvalue weighted by Gasteiger charge is -2.30. The molecule has 3 amide bonds. The molecule has 2 aliphatic rings. The number of hydrazine groups is 1. The quantitative estimate of drug-likeness (QED) is 0.642. The van der Waals surface area contributed by atoms with E-state index in [9.17, 15) is 9.59 Å². The van der Waals surface area contributed by atoms with E-state index in [1.165, 1.54) is 4.90 Å². The smallest absolute Gasteiger partial charge is 0.329 e. The van der Waals surface area contributed by atoms with Crippen molar-refractivity contribution in [3.63, 3.8) is 0 Å². The third-order valence-electron chi connectivity index (χ3n) is 4.72. The number of benzene rings is 1. The molecule has 0 radical (unpaired) electrons. The number of carbonyl (C=O) groups excluding carboxylic acids is 2. The van der Waals surface area contributed by atoms with E-state index in [-0.39, 0.29) is 18.0 Å². The lowest BCUT2D eigenvalue weighted by Crippen LogP contribution is -3.12. The second-order valence-electron chi connectivity index (χ2n) is 6.63. The molecule has 1 aromatic rings. The van der Waals surface area contributed by atoms with Crippen LogP contribution < -0.4 is 25.3 Å². The van der Waals surface area contributed by atoms with Crippen molar-refractivity contribution >= 4 is 17.6 Å². The van der Waals surface area contributed by atoms with E-state index in [2.05, 4.69) is 17.8 Å². The average molecular weight is 348 g/mol. The van der Waals surface area contributed by atoms with Gasteiger partial charge in [0.05, 0.1) is 46.4 Å². The fourth-order valence-electron chi connectivity index (χ4n) is 3.18. The first kappa shape index (κ1) is 17.5. The zero-order valence-electron chi connectivity index (χ0n) is 14.7. The third kappa shape index (κ3) is 4.40. The first-order valence-electron chi connectivity index (χ1n) is 8.63. The number of hydrogen-bond acceptors (Lipinski definition) is 4. The van der Waals surface area contributed by atoms with Gasteiger partial charge in [-0.25, -0.2) is 9.80 Å². The van der Waals surface area contributed by atoms with Gasteiger partial charge in [0.25, 0.3) is 0 Å². The van der Waals surface area contributed by atoms with Gasteiger partial charge < -0.3 is 19.9 Å². The number of quaternary nitrogens is 1.